The van der Waals surface area contributed by atoms with Crippen molar-refractivity contribution in [1.82, 2.24) is 9.47 Å². The van der Waals surface area contributed by atoms with Crippen LogP contribution in [-0.4, -0.2) is 42.7 Å². The van der Waals surface area contributed by atoms with E-state index in [0.717, 1.165) is 0 Å². The quantitative estimate of drug-likeness (QED) is 0.746. The van der Waals surface area contributed by atoms with E-state index in [1.54, 1.807) is 30.9 Å². The van der Waals surface area contributed by atoms with Crippen molar-refractivity contribution in [2.24, 2.45) is 18.9 Å². The molecule has 1 aromatic heterocycles. The van der Waals surface area contributed by atoms with E-state index in [1.807, 2.05) is 4.90 Å². The van der Waals surface area contributed by atoms with Crippen LogP contribution in [0.2, 0.25) is 0 Å². The zero-order valence-electron chi connectivity index (χ0n) is 17.3. The topological polar surface area (TPSA) is 60.8 Å². The number of carbonyl (C=O) groups is 1. The number of nitrogens with zero attached hydrogens (tertiary/aromatic N) is 2. The van der Waals surface area contributed by atoms with Crippen LogP contribution in [-0.2, 0) is 7.05 Å². The van der Waals surface area contributed by atoms with Crippen LogP contribution in [0.25, 0.3) is 10.9 Å². The SMILES string of the molecule is COc1ccc(OC)c2c1c(=O)cc(C(=O)N(CC(C)C)CC(C)C)n2C. The van der Waals surface area contributed by atoms with Crippen LogP contribution in [0.3, 0.4) is 0 Å². The number of ether oxygens (including phenoxy) is 2. The lowest BCUT2D eigenvalue weighted by Crippen LogP contribution is -2.38. The van der Waals surface area contributed by atoms with Crippen molar-refractivity contribution in [3.8, 4) is 11.5 Å². The van der Waals surface area contributed by atoms with Crippen LogP contribution < -0.4 is 14.9 Å². The fraction of sp³-hybridized carbons (Fsp3) is 0.524. The molecule has 1 amide bonds. The molecule has 1 heterocycles. The molecule has 1 aromatic carbocycles. The van der Waals surface area contributed by atoms with Gasteiger partial charge in [-0.1, -0.05) is 27.7 Å². The summed E-state index contributed by atoms with van der Waals surface area (Å²) >= 11 is 0. The zero-order chi connectivity index (χ0) is 20.3. The summed E-state index contributed by atoms with van der Waals surface area (Å²) in [4.78, 5) is 28.0. The first-order valence-electron chi connectivity index (χ1n) is 9.25. The highest BCUT2D eigenvalue weighted by molar-refractivity contribution is 5.98. The lowest BCUT2D eigenvalue weighted by molar-refractivity contribution is 0.0705. The number of pyridine rings is 1. The molecule has 6 heteroatoms. The van der Waals surface area contributed by atoms with Gasteiger partial charge in [-0.3, -0.25) is 9.59 Å². The Hall–Kier alpha value is -2.50. The molecule has 27 heavy (non-hydrogen) atoms. The summed E-state index contributed by atoms with van der Waals surface area (Å²) in [6.45, 7) is 9.58. The number of aromatic nitrogens is 1. The minimum Gasteiger partial charge on any atom is -0.496 e. The number of amides is 1. The van der Waals surface area contributed by atoms with Gasteiger partial charge in [0, 0.05) is 26.2 Å². The monoisotopic (exact) mass is 374 g/mol. The van der Waals surface area contributed by atoms with Gasteiger partial charge in [-0.05, 0) is 24.0 Å². The second-order valence-electron chi connectivity index (χ2n) is 7.64. The van der Waals surface area contributed by atoms with Gasteiger partial charge in [0.2, 0.25) is 0 Å². The number of carbonyl (C=O) groups excluding carboxylic acids is 1. The maximum Gasteiger partial charge on any atom is 0.270 e. The summed E-state index contributed by atoms with van der Waals surface area (Å²) in [5.41, 5.74) is 0.651. The molecular formula is C21H30N2O4. The van der Waals surface area contributed by atoms with Gasteiger partial charge in [0.25, 0.3) is 5.91 Å². The largest absolute Gasteiger partial charge is 0.496 e. The molecule has 6 nitrogen and oxygen atoms in total. The van der Waals surface area contributed by atoms with Gasteiger partial charge >= 0.3 is 0 Å². The van der Waals surface area contributed by atoms with Crippen molar-refractivity contribution in [3.05, 3.63) is 34.1 Å². The molecule has 2 rings (SSSR count). The molecule has 0 saturated heterocycles. The first-order chi connectivity index (χ1) is 12.7. The van der Waals surface area contributed by atoms with E-state index in [1.165, 1.54) is 13.2 Å². The summed E-state index contributed by atoms with van der Waals surface area (Å²) in [6, 6.07) is 4.85. The fourth-order valence-electron chi connectivity index (χ4n) is 3.36. The number of benzene rings is 1. The number of aryl methyl sites for hydroxylation is 1. The van der Waals surface area contributed by atoms with Crippen molar-refractivity contribution < 1.29 is 14.3 Å². The molecule has 148 valence electrons. The molecular weight excluding hydrogens is 344 g/mol. The normalized spacial score (nSPS) is 11.3. The molecule has 0 unspecified atom stereocenters. The van der Waals surface area contributed by atoms with Gasteiger partial charge in [-0.15, -0.1) is 0 Å². The fourth-order valence-corrected chi connectivity index (χ4v) is 3.36. The van der Waals surface area contributed by atoms with Crippen LogP contribution in [0.4, 0.5) is 0 Å². The third-order valence-corrected chi connectivity index (χ3v) is 4.43. The Bertz CT molecular complexity index is 874. The minimum atomic E-state index is -0.253. The van der Waals surface area contributed by atoms with Gasteiger partial charge in [-0.25, -0.2) is 0 Å². The average Bonchev–Trinajstić information content (AvgIpc) is 2.61. The molecule has 0 spiro atoms. The Kier molecular flexibility index (Phi) is 6.52. The van der Waals surface area contributed by atoms with E-state index in [-0.39, 0.29) is 11.3 Å². The predicted octanol–water partition coefficient (Wildman–Crippen LogP) is 3.31. The molecule has 0 atom stereocenters. The van der Waals surface area contributed by atoms with Gasteiger partial charge in [-0.2, -0.15) is 0 Å². The lowest BCUT2D eigenvalue weighted by Gasteiger charge is -2.27. The average molecular weight is 374 g/mol. The maximum absolute atomic E-state index is 13.3. The smallest absolute Gasteiger partial charge is 0.270 e. The van der Waals surface area contributed by atoms with E-state index >= 15 is 0 Å². The Labute approximate surface area is 160 Å². The van der Waals surface area contributed by atoms with Crippen LogP contribution in [0, 0.1) is 11.8 Å². The second-order valence-corrected chi connectivity index (χ2v) is 7.64. The van der Waals surface area contributed by atoms with Gasteiger partial charge in [0.05, 0.1) is 25.1 Å². The Morgan fingerprint density at radius 2 is 1.56 bits per heavy atom. The molecule has 0 aliphatic carbocycles. The van der Waals surface area contributed by atoms with Crippen molar-refractivity contribution in [3.63, 3.8) is 0 Å². The van der Waals surface area contributed by atoms with Gasteiger partial charge < -0.3 is 18.9 Å². The maximum atomic E-state index is 13.3. The Balaban J connectivity index is 2.70. The van der Waals surface area contributed by atoms with E-state index in [9.17, 15) is 9.59 Å². The minimum absolute atomic E-state index is 0.149. The van der Waals surface area contributed by atoms with Crippen molar-refractivity contribution in [2.45, 2.75) is 27.7 Å². The summed E-state index contributed by atoms with van der Waals surface area (Å²) in [6.07, 6.45) is 0. The molecule has 2 aromatic rings. The Morgan fingerprint density at radius 1 is 1.04 bits per heavy atom. The highest BCUT2D eigenvalue weighted by Gasteiger charge is 2.23. The molecule has 0 N–H and O–H groups in total. The van der Waals surface area contributed by atoms with Crippen LogP contribution >= 0.6 is 0 Å². The van der Waals surface area contributed by atoms with Crippen LogP contribution in [0.1, 0.15) is 38.2 Å². The van der Waals surface area contributed by atoms with Gasteiger partial charge in [0.15, 0.2) is 5.43 Å². The van der Waals surface area contributed by atoms with E-state index in [0.29, 0.717) is 53.0 Å². The first-order valence-corrected chi connectivity index (χ1v) is 9.25. The molecule has 0 saturated carbocycles. The summed E-state index contributed by atoms with van der Waals surface area (Å²) in [5.74, 6) is 1.51. The number of rotatable bonds is 7. The van der Waals surface area contributed by atoms with Gasteiger partial charge in [0.1, 0.15) is 17.2 Å². The van der Waals surface area contributed by atoms with Crippen molar-refractivity contribution in [2.75, 3.05) is 27.3 Å². The second kappa shape index (κ2) is 8.46. The first kappa shape index (κ1) is 20.8. The number of fused-ring (bicyclic) bond motifs is 1. The van der Waals surface area contributed by atoms with Crippen molar-refractivity contribution >= 4 is 16.8 Å². The highest BCUT2D eigenvalue weighted by atomic mass is 16.5. The number of hydrogen-bond acceptors (Lipinski definition) is 4. The molecule has 0 bridgehead atoms. The van der Waals surface area contributed by atoms with Crippen molar-refractivity contribution in [1.29, 1.82) is 0 Å². The number of hydrogen-bond donors (Lipinski definition) is 0. The lowest BCUT2D eigenvalue weighted by atomic mass is 10.1. The third-order valence-electron chi connectivity index (χ3n) is 4.43. The molecule has 0 aliphatic heterocycles. The zero-order valence-corrected chi connectivity index (χ0v) is 17.3. The van der Waals surface area contributed by atoms with E-state index in [4.69, 9.17) is 9.47 Å². The standard InChI is InChI=1S/C21H30N2O4/c1-13(2)11-23(12-14(3)4)21(25)15-10-16(24)19-17(26-6)8-9-18(27-7)20(19)22(15)5/h8-10,13-14H,11-12H2,1-7H3. The van der Waals surface area contributed by atoms with Crippen LogP contribution in [0.15, 0.2) is 23.0 Å². The Morgan fingerprint density at radius 3 is 2.04 bits per heavy atom. The molecule has 0 fully saturated rings. The summed E-state index contributed by atoms with van der Waals surface area (Å²) in [7, 11) is 4.84. The summed E-state index contributed by atoms with van der Waals surface area (Å²) < 4.78 is 12.5. The van der Waals surface area contributed by atoms with E-state index in [2.05, 4.69) is 27.7 Å². The number of methoxy groups -OCH3 is 2. The van der Waals surface area contributed by atoms with Crippen LogP contribution in [0.5, 0.6) is 11.5 Å². The highest BCUT2D eigenvalue weighted by Crippen LogP contribution is 2.31. The predicted molar refractivity (Wildman–Crippen MR) is 108 cm³/mol. The molecule has 0 radical (unpaired) electrons. The summed E-state index contributed by atoms with van der Waals surface area (Å²) in [5, 5.41) is 0.412. The van der Waals surface area contributed by atoms with E-state index < -0.39 is 0 Å². The third kappa shape index (κ3) is 4.26. The molecule has 0 aliphatic rings.